The smallest absolute Gasteiger partial charge is 0.0991 e. The van der Waals surface area contributed by atoms with Gasteiger partial charge in [-0.1, -0.05) is 43.3 Å². The molecule has 6 aromatic rings. The lowest BCUT2D eigenvalue weighted by Gasteiger charge is -2.22. The lowest BCUT2D eigenvalue weighted by molar-refractivity contribution is 0.463. The summed E-state index contributed by atoms with van der Waals surface area (Å²) in [7, 11) is 0. The lowest BCUT2D eigenvalue weighted by Crippen LogP contribution is -2.26. The Balaban J connectivity index is 0.000000142. The monoisotopic (exact) mass is 891 g/mol. The predicted molar refractivity (Wildman–Crippen MR) is 257 cm³/mol. The van der Waals surface area contributed by atoms with Crippen LogP contribution in [0.3, 0.4) is 0 Å². The Morgan fingerprint density at radius 3 is 1.37 bits per heavy atom. The first-order chi connectivity index (χ1) is 30.9. The molecule has 0 amide bonds. The van der Waals surface area contributed by atoms with E-state index in [0.717, 1.165) is 65.0 Å². The Labute approximate surface area is 385 Å². The van der Waals surface area contributed by atoms with E-state index in [-0.39, 0.29) is 0 Å². The van der Waals surface area contributed by atoms with Crippen molar-refractivity contribution in [2.24, 2.45) is 0 Å². The molecule has 6 heterocycles. The van der Waals surface area contributed by atoms with Crippen molar-refractivity contribution in [3.05, 3.63) is 153 Å². The second kappa shape index (κ2) is 23.5. The standard InChI is InChI=1S/C18H21N3S.C17H19N3S.C16H17N3S/c1-2-16-18(15-7-9-20-10-8-15)22-17(21-16)11-13-3-5-14(12-19)6-4-13;1-12-17(15-6-8-19-9-7-15)21-16(20-12)10-13-2-4-14(11-18)5-3-13;17-10-13-3-1-12(2-4-13)9-16-19-11-15(20-16)14-5-7-18-8-6-14/h3-6,15,20H,2,7-11H2,1H3;2-5,15,19H,6-10H2,1H3;1-4,11,14,18H,5-9H2. The maximum absolute atomic E-state index is 8.87. The molecule has 324 valence electrons. The number of aromatic nitrogens is 3. The van der Waals surface area contributed by atoms with Gasteiger partial charge in [-0.2, -0.15) is 15.8 Å². The van der Waals surface area contributed by atoms with Crippen LogP contribution in [0, 0.1) is 40.9 Å². The van der Waals surface area contributed by atoms with Gasteiger partial charge in [0, 0.05) is 40.1 Å². The molecule has 3 aromatic carbocycles. The van der Waals surface area contributed by atoms with Crippen LogP contribution in [0.2, 0.25) is 0 Å². The molecule has 9 nitrogen and oxygen atoms in total. The predicted octanol–water partition coefficient (Wildman–Crippen LogP) is 10.1. The van der Waals surface area contributed by atoms with Crippen molar-refractivity contribution in [3.8, 4) is 18.2 Å². The van der Waals surface area contributed by atoms with Gasteiger partial charge >= 0.3 is 0 Å². The summed E-state index contributed by atoms with van der Waals surface area (Å²) in [4.78, 5) is 18.6. The minimum Gasteiger partial charge on any atom is -0.317 e. The minimum atomic E-state index is 0.679. The van der Waals surface area contributed by atoms with Gasteiger partial charge in [-0.3, -0.25) is 0 Å². The fourth-order valence-electron chi connectivity index (χ4n) is 8.47. The molecular weight excluding hydrogens is 835 g/mol. The van der Waals surface area contributed by atoms with E-state index in [1.54, 1.807) is 0 Å². The van der Waals surface area contributed by atoms with Gasteiger partial charge in [0.1, 0.15) is 0 Å². The van der Waals surface area contributed by atoms with Crippen molar-refractivity contribution in [1.29, 1.82) is 15.8 Å². The Morgan fingerprint density at radius 1 is 0.524 bits per heavy atom. The third-order valence-corrected chi connectivity index (χ3v) is 15.8. The molecule has 0 aliphatic carbocycles. The summed E-state index contributed by atoms with van der Waals surface area (Å²) in [6.07, 6.45) is 13.0. The van der Waals surface area contributed by atoms with Crippen LogP contribution in [-0.4, -0.2) is 54.2 Å². The van der Waals surface area contributed by atoms with Crippen LogP contribution in [0.15, 0.2) is 79.0 Å². The average Bonchev–Trinajstić information content (AvgIpc) is 4.09. The number of piperidine rings is 3. The zero-order valence-corrected chi connectivity index (χ0v) is 38.9. The number of rotatable bonds is 10. The van der Waals surface area contributed by atoms with E-state index in [0.29, 0.717) is 34.4 Å². The summed E-state index contributed by atoms with van der Waals surface area (Å²) in [6.45, 7) is 11.1. The van der Waals surface area contributed by atoms with Crippen LogP contribution >= 0.6 is 34.0 Å². The highest BCUT2D eigenvalue weighted by Gasteiger charge is 2.23. The largest absolute Gasteiger partial charge is 0.317 e. The van der Waals surface area contributed by atoms with Gasteiger partial charge < -0.3 is 16.0 Å². The third-order valence-electron chi connectivity index (χ3n) is 12.0. The molecule has 3 fully saturated rings. The molecule has 63 heavy (non-hydrogen) atoms. The Morgan fingerprint density at radius 2 is 0.921 bits per heavy atom. The first-order valence-electron chi connectivity index (χ1n) is 22.4. The fourth-order valence-corrected chi connectivity index (χ4v) is 12.2. The van der Waals surface area contributed by atoms with Crippen molar-refractivity contribution in [2.75, 3.05) is 39.3 Å². The van der Waals surface area contributed by atoms with Crippen LogP contribution in [0.4, 0.5) is 0 Å². The molecule has 3 saturated heterocycles. The number of nitriles is 3. The highest BCUT2D eigenvalue weighted by atomic mass is 32.1. The number of hydrogen-bond acceptors (Lipinski definition) is 12. The van der Waals surface area contributed by atoms with E-state index in [2.05, 4.69) is 59.2 Å². The van der Waals surface area contributed by atoms with Gasteiger partial charge in [0.25, 0.3) is 0 Å². The third kappa shape index (κ3) is 13.2. The number of nitrogens with one attached hydrogen (secondary N) is 3. The first-order valence-corrected chi connectivity index (χ1v) is 24.8. The van der Waals surface area contributed by atoms with Crippen molar-refractivity contribution in [2.45, 2.75) is 95.8 Å². The van der Waals surface area contributed by atoms with Crippen molar-refractivity contribution in [1.82, 2.24) is 30.9 Å². The zero-order chi connectivity index (χ0) is 43.8. The van der Waals surface area contributed by atoms with E-state index in [1.165, 1.54) is 96.3 Å². The second-order valence-corrected chi connectivity index (χ2v) is 19.9. The molecule has 0 unspecified atom stereocenters. The first kappa shape index (κ1) is 45.9. The Kier molecular flexibility index (Phi) is 17.2. The van der Waals surface area contributed by atoms with Crippen molar-refractivity contribution in [3.63, 3.8) is 0 Å². The van der Waals surface area contributed by atoms with E-state index in [1.807, 2.05) is 107 Å². The molecule has 9 rings (SSSR count). The minimum absolute atomic E-state index is 0.679. The van der Waals surface area contributed by atoms with Crippen LogP contribution in [0.1, 0.15) is 138 Å². The summed E-state index contributed by atoms with van der Waals surface area (Å²) < 4.78 is 0. The van der Waals surface area contributed by atoms with Gasteiger partial charge in [0.15, 0.2) is 0 Å². The summed E-state index contributed by atoms with van der Waals surface area (Å²) in [5.74, 6) is 2.05. The molecule has 0 atom stereocenters. The highest BCUT2D eigenvalue weighted by molar-refractivity contribution is 7.12. The van der Waals surface area contributed by atoms with Crippen molar-refractivity contribution < 1.29 is 0 Å². The van der Waals surface area contributed by atoms with E-state index in [9.17, 15) is 0 Å². The zero-order valence-electron chi connectivity index (χ0n) is 36.5. The summed E-state index contributed by atoms with van der Waals surface area (Å²) in [5.41, 5.74) is 8.30. The molecule has 0 saturated carbocycles. The maximum atomic E-state index is 8.87. The average molecular weight is 892 g/mol. The Hall–Kier alpha value is -5.10. The molecule has 0 bridgehead atoms. The summed E-state index contributed by atoms with van der Waals surface area (Å²) in [5, 5.41) is 40.3. The topological polar surface area (TPSA) is 146 Å². The number of benzene rings is 3. The molecule has 12 heteroatoms. The normalized spacial score (nSPS) is 15.8. The molecule has 3 aromatic heterocycles. The molecule has 0 spiro atoms. The number of nitrogens with zero attached hydrogens (tertiary/aromatic N) is 6. The Bertz CT molecular complexity index is 2460. The molecule has 3 aliphatic heterocycles. The van der Waals surface area contributed by atoms with E-state index >= 15 is 0 Å². The molecule has 3 N–H and O–H groups in total. The lowest BCUT2D eigenvalue weighted by atomic mass is 9.95. The van der Waals surface area contributed by atoms with Gasteiger partial charge in [0.05, 0.1) is 61.3 Å². The van der Waals surface area contributed by atoms with Crippen LogP contribution in [-0.2, 0) is 25.7 Å². The molecule has 0 radical (unpaired) electrons. The van der Waals surface area contributed by atoms with E-state index in [4.69, 9.17) is 25.8 Å². The van der Waals surface area contributed by atoms with Gasteiger partial charge in [-0.05, 0) is 162 Å². The quantitative estimate of drug-likeness (QED) is 0.122. The molecule has 3 aliphatic rings. The second-order valence-electron chi connectivity index (χ2n) is 16.5. The fraction of sp³-hybridized carbons (Fsp3) is 0.412. The van der Waals surface area contributed by atoms with Crippen LogP contribution in [0.25, 0.3) is 0 Å². The number of hydrogen-bond donors (Lipinski definition) is 3. The van der Waals surface area contributed by atoms with Gasteiger partial charge in [0.2, 0.25) is 0 Å². The summed E-state index contributed by atoms with van der Waals surface area (Å²) >= 11 is 5.60. The van der Waals surface area contributed by atoms with Gasteiger partial charge in [-0.15, -0.1) is 34.0 Å². The highest BCUT2D eigenvalue weighted by Crippen LogP contribution is 2.35. The van der Waals surface area contributed by atoms with E-state index < -0.39 is 0 Å². The summed E-state index contributed by atoms with van der Waals surface area (Å²) in [6, 6.07) is 29.9. The maximum Gasteiger partial charge on any atom is 0.0991 e. The van der Waals surface area contributed by atoms with Gasteiger partial charge in [-0.25, -0.2) is 15.0 Å². The van der Waals surface area contributed by atoms with Crippen molar-refractivity contribution >= 4 is 34.0 Å². The van der Waals surface area contributed by atoms with Crippen LogP contribution in [0.5, 0.6) is 0 Å². The number of aryl methyl sites for hydroxylation is 2. The van der Waals surface area contributed by atoms with Crippen LogP contribution < -0.4 is 16.0 Å². The number of thiazole rings is 3. The SMILES string of the molecule is CCc1nc(Cc2ccc(C#N)cc2)sc1C1CCNCC1.Cc1nc(Cc2ccc(C#N)cc2)sc1C1CCNCC1.N#Cc1ccc(Cc2ncc(C3CCNCC3)s2)cc1. The molecular formula is C51H57N9S3.